The Morgan fingerprint density at radius 1 is 1.12 bits per heavy atom. The van der Waals surface area contributed by atoms with Gasteiger partial charge in [0.2, 0.25) is 0 Å². The number of para-hydroxylation sites is 2. The van der Waals surface area contributed by atoms with Crippen molar-refractivity contribution in [2.24, 2.45) is 0 Å². The molecule has 0 bridgehead atoms. The zero-order valence-corrected chi connectivity index (χ0v) is 14.3. The van der Waals surface area contributed by atoms with Gasteiger partial charge in [-0.05, 0) is 23.8 Å². The van der Waals surface area contributed by atoms with Gasteiger partial charge < -0.3 is 15.2 Å². The fraction of sp³-hybridized carbons (Fsp3) is 0.238. The number of ether oxygens (including phenoxy) is 1. The highest BCUT2D eigenvalue weighted by Crippen LogP contribution is 2.36. The minimum Gasteiger partial charge on any atom is -0.481 e. The number of anilines is 1. The smallest absolute Gasteiger partial charge is 0.303 e. The Labute approximate surface area is 151 Å². The van der Waals surface area contributed by atoms with Crippen molar-refractivity contribution in [3.8, 4) is 0 Å². The number of nitrogens with zero attached hydrogens (tertiary/aromatic N) is 1. The summed E-state index contributed by atoms with van der Waals surface area (Å²) >= 11 is 0. The first-order valence-corrected chi connectivity index (χ1v) is 8.70. The number of carboxylic acids is 1. The normalized spacial score (nSPS) is 18.5. The van der Waals surface area contributed by atoms with Crippen LogP contribution in [0.25, 0.3) is 10.9 Å². The number of carbonyl (C=O) groups is 1. The van der Waals surface area contributed by atoms with Gasteiger partial charge in [-0.3, -0.25) is 9.78 Å². The Bertz CT molecular complexity index is 930. The lowest BCUT2D eigenvalue weighted by atomic mass is 10.0. The molecule has 1 atom stereocenters. The first kappa shape index (κ1) is 16.5. The van der Waals surface area contributed by atoms with Gasteiger partial charge in [-0.2, -0.15) is 0 Å². The molecule has 0 radical (unpaired) electrons. The maximum atomic E-state index is 11.1. The molecule has 0 saturated heterocycles. The van der Waals surface area contributed by atoms with Gasteiger partial charge in [-0.1, -0.05) is 42.5 Å². The lowest BCUT2D eigenvalue weighted by molar-refractivity contribution is -0.139. The predicted molar refractivity (Wildman–Crippen MR) is 99.9 cm³/mol. The van der Waals surface area contributed by atoms with Crippen LogP contribution >= 0.6 is 0 Å². The van der Waals surface area contributed by atoms with E-state index in [0.29, 0.717) is 19.4 Å². The zero-order valence-electron chi connectivity index (χ0n) is 14.3. The van der Waals surface area contributed by atoms with E-state index in [1.807, 2.05) is 60.7 Å². The van der Waals surface area contributed by atoms with Crippen molar-refractivity contribution in [3.63, 3.8) is 0 Å². The molecule has 3 aromatic rings. The summed E-state index contributed by atoms with van der Waals surface area (Å²) in [7, 11) is 0. The zero-order chi connectivity index (χ0) is 18.0. The molecule has 1 unspecified atom stereocenters. The van der Waals surface area contributed by atoms with Gasteiger partial charge in [-0.15, -0.1) is 0 Å². The van der Waals surface area contributed by atoms with Crippen LogP contribution < -0.4 is 5.32 Å². The number of carboxylic acid groups (broad SMARTS) is 1. The van der Waals surface area contributed by atoms with Gasteiger partial charge in [-0.25, -0.2) is 0 Å². The van der Waals surface area contributed by atoms with Gasteiger partial charge in [0, 0.05) is 30.3 Å². The second kappa shape index (κ2) is 6.77. The molecule has 1 aliphatic heterocycles. The van der Waals surface area contributed by atoms with Crippen LogP contribution in [0, 0.1) is 0 Å². The highest BCUT2D eigenvalue weighted by atomic mass is 16.5. The Balaban J connectivity index is 1.54. The molecule has 0 aliphatic carbocycles. The minimum atomic E-state index is -0.824. The lowest BCUT2D eigenvalue weighted by Crippen LogP contribution is -2.40. The molecule has 26 heavy (non-hydrogen) atoms. The molecule has 5 heteroatoms. The first-order chi connectivity index (χ1) is 12.6. The van der Waals surface area contributed by atoms with Crippen molar-refractivity contribution in [1.29, 1.82) is 0 Å². The number of nitrogens with one attached hydrogen (secondary N) is 1. The molecule has 1 aliphatic rings. The van der Waals surface area contributed by atoms with E-state index in [9.17, 15) is 4.79 Å². The van der Waals surface area contributed by atoms with Crippen LogP contribution in [0.4, 0.5) is 5.69 Å². The number of fused-ring (bicyclic) bond motifs is 2. The molecule has 0 spiro atoms. The van der Waals surface area contributed by atoms with Crippen molar-refractivity contribution in [2.75, 3.05) is 5.32 Å². The second-order valence-corrected chi connectivity index (χ2v) is 6.63. The summed E-state index contributed by atoms with van der Waals surface area (Å²) in [5.41, 5.74) is 3.19. The molecule has 0 fully saturated rings. The average Bonchev–Trinajstić information content (AvgIpc) is 3.04. The summed E-state index contributed by atoms with van der Waals surface area (Å²) in [6.45, 7) is 0.325. The van der Waals surface area contributed by atoms with Crippen molar-refractivity contribution >= 4 is 22.6 Å². The van der Waals surface area contributed by atoms with Crippen LogP contribution in [-0.2, 0) is 22.6 Å². The van der Waals surface area contributed by atoms with Crippen LogP contribution in [0.3, 0.4) is 0 Å². The molecule has 0 saturated carbocycles. The summed E-state index contributed by atoms with van der Waals surface area (Å²) in [5, 5.41) is 13.6. The van der Waals surface area contributed by atoms with Gasteiger partial charge in [0.25, 0.3) is 0 Å². The Kier molecular flexibility index (Phi) is 4.31. The molecule has 4 rings (SSSR count). The third kappa shape index (κ3) is 3.39. The topological polar surface area (TPSA) is 71.5 Å². The van der Waals surface area contributed by atoms with Crippen molar-refractivity contribution in [3.05, 3.63) is 71.9 Å². The summed E-state index contributed by atoms with van der Waals surface area (Å²) in [5.74, 6) is -0.824. The number of hydrogen-bond donors (Lipinski definition) is 2. The van der Waals surface area contributed by atoms with Crippen LogP contribution in [0.15, 0.2) is 60.7 Å². The first-order valence-electron chi connectivity index (χ1n) is 8.70. The van der Waals surface area contributed by atoms with E-state index < -0.39 is 11.7 Å². The molecular weight excluding hydrogens is 328 g/mol. The Hall–Kier alpha value is -2.92. The second-order valence-electron chi connectivity index (χ2n) is 6.63. The fourth-order valence-electron chi connectivity index (χ4n) is 3.41. The van der Waals surface area contributed by atoms with Crippen LogP contribution in [0.1, 0.15) is 24.1 Å². The molecule has 2 aromatic carbocycles. The monoisotopic (exact) mass is 348 g/mol. The standard InChI is InChI=1S/C21H20N2O3/c24-20(25)11-12-21(13-16-6-2-4-8-19(16)23-21)26-14-17-10-9-15-5-1-3-7-18(15)22-17/h1-10,23H,11-14H2,(H,24,25). The van der Waals surface area contributed by atoms with Crippen molar-refractivity contribution in [1.82, 2.24) is 4.98 Å². The third-order valence-corrected chi connectivity index (χ3v) is 4.75. The summed E-state index contributed by atoms with van der Waals surface area (Å²) in [6, 6.07) is 19.9. The van der Waals surface area contributed by atoms with E-state index in [4.69, 9.17) is 9.84 Å². The average molecular weight is 348 g/mol. The number of aliphatic carboxylic acids is 1. The van der Waals surface area contributed by atoms with Gasteiger partial charge in [0.15, 0.2) is 0 Å². The van der Waals surface area contributed by atoms with Gasteiger partial charge >= 0.3 is 5.97 Å². The van der Waals surface area contributed by atoms with Crippen LogP contribution in [-0.4, -0.2) is 21.8 Å². The lowest BCUT2D eigenvalue weighted by Gasteiger charge is -2.30. The number of rotatable bonds is 6. The van der Waals surface area contributed by atoms with E-state index in [0.717, 1.165) is 27.8 Å². The minimum absolute atomic E-state index is 0.0478. The van der Waals surface area contributed by atoms with E-state index >= 15 is 0 Å². The number of aromatic nitrogens is 1. The van der Waals surface area contributed by atoms with Crippen molar-refractivity contribution < 1.29 is 14.6 Å². The van der Waals surface area contributed by atoms with Gasteiger partial charge in [0.05, 0.1) is 17.8 Å². The largest absolute Gasteiger partial charge is 0.481 e. The van der Waals surface area contributed by atoms with E-state index in [1.54, 1.807) is 0 Å². The Morgan fingerprint density at radius 2 is 1.92 bits per heavy atom. The number of hydrogen-bond acceptors (Lipinski definition) is 4. The van der Waals surface area contributed by atoms with Gasteiger partial charge in [0.1, 0.15) is 5.72 Å². The summed E-state index contributed by atoms with van der Waals surface area (Å²) < 4.78 is 6.22. The van der Waals surface area contributed by atoms with Crippen LogP contribution in [0.2, 0.25) is 0 Å². The van der Waals surface area contributed by atoms with Crippen molar-refractivity contribution in [2.45, 2.75) is 31.6 Å². The van der Waals surface area contributed by atoms with E-state index in [2.05, 4.69) is 10.3 Å². The van der Waals surface area contributed by atoms with E-state index in [-0.39, 0.29) is 6.42 Å². The summed E-state index contributed by atoms with van der Waals surface area (Å²) in [4.78, 5) is 15.7. The quantitative estimate of drug-likeness (QED) is 0.705. The maximum Gasteiger partial charge on any atom is 0.303 e. The molecule has 132 valence electrons. The predicted octanol–water partition coefficient (Wildman–Crippen LogP) is 3.98. The van der Waals surface area contributed by atoms with E-state index in [1.165, 1.54) is 0 Å². The van der Waals surface area contributed by atoms with Crippen LogP contribution in [0.5, 0.6) is 0 Å². The molecular formula is C21H20N2O3. The Morgan fingerprint density at radius 3 is 2.77 bits per heavy atom. The highest BCUT2D eigenvalue weighted by Gasteiger charge is 2.38. The molecule has 2 N–H and O–H groups in total. The SMILES string of the molecule is O=C(O)CCC1(OCc2ccc3ccccc3n2)Cc2ccccc2N1. The third-order valence-electron chi connectivity index (χ3n) is 4.75. The molecule has 2 heterocycles. The maximum absolute atomic E-state index is 11.1. The highest BCUT2D eigenvalue weighted by molar-refractivity contribution is 5.78. The molecule has 5 nitrogen and oxygen atoms in total. The number of pyridine rings is 1. The fourth-order valence-corrected chi connectivity index (χ4v) is 3.41. The summed E-state index contributed by atoms with van der Waals surface area (Å²) in [6.07, 6.45) is 1.08. The number of benzene rings is 2. The molecule has 0 amide bonds. The molecule has 1 aromatic heterocycles.